The third kappa shape index (κ3) is 4.54. The van der Waals surface area contributed by atoms with Gasteiger partial charge < -0.3 is 0 Å². The lowest BCUT2D eigenvalue weighted by Gasteiger charge is -2.18. The maximum absolute atomic E-state index is 12.8. The molecular weight excluding hydrogens is 394 g/mol. The van der Waals surface area contributed by atoms with Crippen molar-refractivity contribution in [2.45, 2.75) is 12.5 Å². The first-order valence-corrected chi connectivity index (χ1v) is 10.5. The SMILES string of the molecule is FC(F)(F)c1ccc(-c2cn(CP(c3ccccc3)c3ccccc3)nn2)cc1. The van der Waals surface area contributed by atoms with Gasteiger partial charge in [-0.15, -0.1) is 5.10 Å². The molecule has 0 unspecified atom stereocenters. The van der Waals surface area contributed by atoms with Crippen LogP contribution in [0.4, 0.5) is 13.2 Å². The van der Waals surface area contributed by atoms with Gasteiger partial charge in [0.05, 0.1) is 18.0 Å². The fraction of sp³-hybridized carbons (Fsp3) is 0.0909. The molecule has 0 bridgehead atoms. The fourth-order valence-electron chi connectivity index (χ4n) is 3.00. The summed E-state index contributed by atoms with van der Waals surface area (Å²) in [4.78, 5) is 0. The van der Waals surface area contributed by atoms with Crippen molar-refractivity contribution in [3.8, 4) is 11.3 Å². The van der Waals surface area contributed by atoms with Crippen LogP contribution in [-0.2, 0) is 12.5 Å². The maximum Gasteiger partial charge on any atom is 0.416 e. The van der Waals surface area contributed by atoms with Crippen LogP contribution in [-0.4, -0.2) is 15.0 Å². The van der Waals surface area contributed by atoms with E-state index in [4.69, 9.17) is 0 Å². The van der Waals surface area contributed by atoms with Crippen LogP contribution in [0.15, 0.2) is 91.1 Å². The Hall–Kier alpha value is -2.98. The molecule has 0 atom stereocenters. The van der Waals surface area contributed by atoms with Gasteiger partial charge in [-0.2, -0.15) is 13.2 Å². The summed E-state index contributed by atoms with van der Waals surface area (Å²) in [6, 6.07) is 25.4. The van der Waals surface area contributed by atoms with E-state index in [-0.39, 0.29) is 0 Å². The van der Waals surface area contributed by atoms with Crippen molar-refractivity contribution in [3.05, 3.63) is 96.7 Å². The molecule has 0 radical (unpaired) electrons. The Labute approximate surface area is 167 Å². The van der Waals surface area contributed by atoms with Crippen LogP contribution in [0, 0.1) is 0 Å². The predicted octanol–water partition coefficient (Wildman–Crippen LogP) is 5.05. The van der Waals surface area contributed by atoms with Gasteiger partial charge >= 0.3 is 6.18 Å². The molecule has 3 aromatic carbocycles. The number of hydrogen-bond acceptors (Lipinski definition) is 2. The summed E-state index contributed by atoms with van der Waals surface area (Å²) in [5.74, 6) is 0. The van der Waals surface area contributed by atoms with Crippen molar-refractivity contribution >= 4 is 18.5 Å². The predicted molar refractivity (Wildman–Crippen MR) is 110 cm³/mol. The highest BCUT2D eigenvalue weighted by molar-refractivity contribution is 7.72. The quantitative estimate of drug-likeness (QED) is 0.430. The molecule has 7 heteroatoms. The minimum atomic E-state index is -4.35. The number of alkyl halides is 3. The monoisotopic (exact) mass is 411 g/mol. The minimum Gasteiger partial charge on any atom is -0.247 e. The summed E-state index contributed by atoms with van der Waals surface area (Å²) in [5.41, 5.74) is 0.480. The molecule has 0 aliphatic carbocycles. The van der Waals surface area contributed by atoms with Gasteiger partial charge in [0.1, 0.15) is 5.69 Å². The molecule has 0 saturated heterocycles. The van der Waals surface area contributed by atoms with Crippen LogP contribution in [0.3, 0.4) is 0 Å². The van der Waals surface area contributed by atoms with Gasteiger partial charge in [-0.3, -0.25) is 0 Å². The Kier molecular flexibility index (Phi) is 5.45. The van der Waals surface area contributed by atoms with E-state index in [1.807, 2.05) is 36.4 Å². The van der Waals surface area contributed by atoms with Crippen LogP contribution < -0.4 is 10.6 Å². The minimum absolute atomic E-state index is 0.551. The molecule has 3 nitrogen and oxygen atoms in total. The molecule has 146 valence electrons. The van der Waals surface area contributed by atoms with E-state index in [9.17, 15) is 13.2 Å². The summed E-state index contributed by atoms with van der Waals surface area (Å²) < 4.78 is 40.0. The summed E-state index contributed by atoms with van der Waals surface area (Å²) in [7, 11) is -0.692. The topological polar surface area (TPSA) is 30.7 Å². The van der Waals surface area contributed by atoms with E-state index in [1.165, 1.54) is 22.7 Å². The lowest BCUT2D eigenvalue weighted by molar-refractivity contribution is -0.137. The van der Waals surface area contributed by atoms with Crippen LogP contribution in [0.5, 0.6) is 0 Å². The molecule has 0 aliphatic rings. The van der Waals surface area contributed by atoms with E-state index in [0.717, 1.165) is 12.1 Å². The fourth-order valence-corrected chi connectivity index (χ4v) is 5.12. The molecule has 1 heterocycles. The zero-order chi connectivity index (χ0) is 20.3. The molecule has 4 rings (SSSR count). The second kappa shape index (κ2) is 8.18. The zero-order valence-corrected chi connectivity index (χ0v) is 16.2. The van der Waals surface area contributed by atoms with Crippen LogP contribution in [0.1, 0.15) is 5.56 Å². The molecule has 0 saturated carbocycles. The molecule has 4 aromatic rings. The first kappa shape index (κ1) is 19.3. The average molecular weight is 411 g/mol. The lowest BCUT2D eigenvalue weighted by atomic mass is 10.1. The van der Waals surface area contributed by atoms with Crippen molar-refractivity contribution in [1.29, 1.82) is 0 Å². The zero-order valence-electron chi connectivity index (χ0n) is 15.3. The van der Waals surface area contributed by atoms with Gasteiger partial charge in [-0.05, 0) is 30.7 Å². The van der Waals surface area contributed by atoms with E-state index >= 15 is 0 Å². The third-order valence-corrected chi connectivity index (χ3v) is 6.88. The van der Waals surface area contributed by atoms with Gasteiger partial charge in [0.2, 0.25) is 0 Å². The standard InChI is InChI=1S/C22H17F3N3P/c23-22(24,25)18-13-11-17(12-14-18)21-15-28(27-26-21)16-29(19-7-3-1-4-8-19)20-9-5-2-6-10-20/h1-15H,16H2. The summed E-state index contributed by atoms with van der Waals surface area (Å²) in [6.45, 7) is 0. The van der Waals surface area contributed by atoms with Gasteiger partial charge in [0.25, 0.3) is 0 Å². The molecule has 0 aliphatic heterocycles. The maximum atomic E-state index is 12.8. The molecule has 0 N–H and O–H groups in total. The molecule has 0 amide bonds. The van der Waals surface area contributed by atoms with Gasteiger partial charge in [-0.25, -0.2) is 4.68 Å². The third-order valence-electron chi connectivity index (χ3n) is 4.47. The summed E-state index contributed by atoms with van der Waals surface area (Å²) in [5, 5.41) is 10.8. The van der Waals surface area contributed by atoms with Crippen molar-refractivity contribution < 1.29 is 13.2 Å². The highest BCUT2D eigenvalue weighted by Gasteiger charge is 2.30. The smallest absolute Gasteiger partial charge is 0.247 e. The Morgan fingerprint density at radius 2 is 1.31 bits per heavy atom. The van der Waals surface area contributed by atoms with Crippen LogP contribution >= 0.6 is 7.92 Å². The van der Waals surface area contributed by atoms with E-state index in [0.29, 0.717) is 17.5 Å². The number of hydrogen-bond donors (Lipinski definition) is 0. The van der Waals surface area contributed by atoms with Crippen molar-refractivity contribution in [2.75, 3.05) is 0 Å². The summed E-state index contributed by atoms with van der Waals surface area (Å²) >= 11 is 0. The first-order valence-electron chi connectivity index (χ1n) is 8.96. The number of aromatic nitrogens is 3. The number of halogens is 3. The van der Waals surface area contributed by atoms with Crippen LogP contribution in [0.25, 0.3) is 11.3 Å². The van der Waals surface area contributed by atoms with Crippen molar-refractivity contribution in [3.63, 3.8) is 0 Å². The van der Waals surface area contributed by atoms with Gasteiger partial charge in [-0.1, -0.05) is 78.0 Å². The number of benzene rings is 3. The van der Waals surface area contributed by atoms with E-state index in [2.05, 4.69) is 34.6 Å². The molecule has 29 heavy (non-hydrogen) atoms. The number of nitrogens with zero attached hydrogens (tertiary/aromatic N) is 3. The average Bonchev–Trinajstić information content (AvgIpc) is 3.21. The van der Waals surface area contributed by atoms with E-state index in [1.54, 1.807) is 10.9 Å². The Morgan fingerprint density at radius 1 is 0.759 bits per heavy atom. The second-order valence-corrected chi connectivity index (χ2v) is 8.63. The Balaban J connectivity index is 1.60. The molecule has 0 spiro atoms. The van der Waals surface area contributed by atoms with Crippen molar-refractivity contribution in [2.24, 2.45) is 0 Å². The Bertz CT molecular complexity index is 1020. The summed E-state index contributed by atoms with van der Waals surface area (Å²) in [6.07, 6.45) is -1.93. The highest BCUT2D eigenvalue weighted by atomic mass is 31.1. The van der Waals surface area contributed by atoms with E-state index < -0.39 is 19.7 Å². The molecule has 0 fully saturated rings. The second-order valence-electron chi connectivity index (χ2n) is 6.46. The molecular formula is C22H17F3N3P. The van der Waals surface area contributed by atoms with Gasteiger partial charge in [0.15, 0.2) is 0 Å². The number of rotatable bonds is 5. The molecule has 1 aromatic heterocycles. The van der Waals surface area contributed by atoms with Crippen molar-refractivity contribution in [1.82, 2.24) is 15.0 Å². The normalized spacial score (nSPS) is 11.7. The highest BCUT2D eigenvalue weighted by Crippen LogP contribution is 2.35. The lowest BCUT2D eigenvalue weighted by Crippen LogP contribution is -2.15. The van der Waals surface area contributed by atoms with Crippen LogP contribution in [0.2, 0.25) is 0 Å². The first-order chi connectivity index (χ1) is 14.0. The van der Waals surface area contributed by atoms with Gasteiger partial charge in [0, 0.05) is 5.56 Å². The largest absolute Gasteiger partial charge is 0.416 e. The Morgan fingerprint density at radius 3 is 1.83 bits per heavy atom.